The van der Waals surface area contributed by atoms with E-state index in [-0.39, 0.29) is 36.8 Å². The molecule has 8 nitrogen and oxygen atoms in total. The Bertz CT molecular complexity index is 849. The Morgan fingerprint density at radius 3 is 2.27 bits per heavy atom. The number of carboxylic acids is 1. The van der Waals surface area contributed by atoms with Crippen molar-refractivity contribution in [1.82, 2.24) is 4.90 Å². The minimum atomic E-state index is -1.64. The van der Waals surface area contributed by atoms with Crippen LogP contribution in [0, 0.1) is 21.6 Å². The van der Waals surface area contributed by atoms with Crippen LogP contribution >= 0.6 is 0 Å². The van der Waals surface area contributed by atoms with E-state index in [1.807, 2.05) is 19.6 Å². The molecule has 0 spiro atoms. The molecular formula is C21H28N2O6Si. The van der Waals surface area contributed by atoms with Crippen LogP contribution in [0.15, 0.2) is 24.3 Å². The van der Waals surface area contributed by atoms with Crippen molar-refractivity contribution in [2.75, 3.05) is 6.54 Å². The number of benzene rings is 1. The summed E-state index contributed by atoms with van der Waals surface area (Å²) in [6.45, 7) is 7.70. The number of carbonyl (C=O) groups excluding carboxylic acids is 2. The van der Waals surface area contributed by atoms with Crippen LogP contribution < -0.4 is 0 Å². The fourth-order valence-corrected chi connectivity index (χ4v) is 3.08. The van der Waals surface area contributed by atoms with E-state index in [4.69, 9.17) is 0 Å². The van der Waals surface area contributed by atoms with E-state index in [1.54, 1.807) is 12.1 Å². The van der Waals surface area contributed by atoms with Gasteiger partial charge in [-0.05, 0) is 31.2 Å². The lowest BCUT2D eigenvalue weighted by Crippen LogP contribution is -2.44. The van der Waals surface area contributed by atoms with Crippen LogP contribution in [0.4, 0.5) is 5.69 Å². The predicted molar refractivity (Wildman–Crippen MR) is 116 cm³/mol. The Morgan fingerprint density at radius 2 is 1.77 bits per heavy atom. The number of aliphatic carboxylic acids is 1. The lowest BCUT2D eigenvalue weighted by Gasteiger charge is -2.26. The van der Waals surface area contributed by atoms with E-state index >= 15 is 0 Å². The number of nitro benzene ring substituents is 1. The highest BCUT2D eigenvalue weighted by Gasteiger charge is 2.25. The van der Waals surface area contributed by atoms with Crippen LogP contribution in [-0.4, -0.2) is 53.2 Å². The van der Waals surface area contributed by atoms with Crippen molar-refractivity contribution in [1.29, 1.82) is 0 Å². The average Bonchev–Trinajstić information content (AvgIpc) is 2.66. The number of rotatable bonds is 10. The van der Waals surface area contributed by atoms with E-state index in [2.05, 4.69) is 11.5 Å². The molecule has 0 fully saturated rings. The fraction of sp³-hybridized carbons (Fsp3) is 0.476. The van der Waals surface area contributed by atoms with Gasteiger partial charge in [0.15, 0.2) is 0 Å². The van der Waals surface area contributed by atoms with Gasteiger partial charge in [0.1, 0.15) is 14.1 Å². The Morgan fingerprint density at radius 1 is 1.17 bits per heavy atom. The number of nitrogens with zero attached hydrogens (tertiary/aromatic N) is 2. The minimum absolute atomic E-state index is 0.0347. The minimum Gasteiger partial charge on any atom is -0.480 e. The molecule has 1 rings (SSSR count). The molecule has 1 aromatic rings. The van der Waals surface area contributed by atoms with Gasteiger partial charge in [-0.1, -0.05) is 31.8 Å². The summed E-state index contributed by atoms with van der Waals surface area (Å²) in [6, 6.07) is 4.90. The second kappa shape index (κ2) is 11.3. The lowest BCUT2D eigenvalue weighted by molar-refractivity contribution is -0.384. The molecule has 0 saturated heterocycles. The zero-order valence-corrected chi connectivity index (χ0v) is 18.8. The number of Topliss-reactive ketones (excluding diaryl/α,β-unsaturated/α-hetero) is 1. The first kappa shape index (κ1) is 25.0. The van der Waals surface area contributed by atoms with Crippen molar-refractivity contribution >= 4 is 31.4 Å². The van der Waals surface area contributed by atoms with Gasteiger partial charge in [0.25, 0.3) is 5.69 Å². The molecule has 0 bridgehead atoms. The van der Waals surface area contributed by atoms with Crippen molar-refractivity contribution in [3.05, 3.63) is 39.9 Å². The highest BCUT2D eigenvalue weighted by Crippen LogP contribution is 2.14. The highest BCUT2D eigenvalue weighted by atomic mass is 28.3. The number of nitro groups is 1. The summed E-state index contributed by atoms with van der Waals surface area (Å²) < 4.78 is 0. The van der Waals surface area contributed by atoms with Crippen molar-refractivity contribution in [3.63, 3.8) is 0 Å². The first-order chi connectivity index (χ1) is 13.9. The van der Waals surface area contributed by atoms with Crippen molar-refractivity contribution in [2.45, 2.75) is 58.3 Å². The maximum absolute atomic E-state index is 12.6. The molecule has 30 heavy (non-hydrogen) atoms. The summed E-state index contributed by atoms with van der Waals surface area (Å²) >= 11 is 0. The Balaban J connectivity index is 2.69. The Labute approximate surface area is 177 Å². The van der Waals surface area contributed by atoms with E-state index in [0.717, 1.165) is 5.56 Å². The number of non-ortho nitro benzene ring substituents is 1. The number of carbonyl (C=O) groups is 3. The van der Waals surface area contributed by atoms with E-state index in [0.29, 0.717) is 12.8 Å². The SMILES string of the molecule is CC(C(=O)O)N(CCc1ccc([N+](=O)[O-])cc1)C(=O)CCCC(=O)C#C[Si](C)(C)C. The van der Waals surface area contributed by atoms with Crippen molar-refractivity contribution < 1.29 is 24.4 Å². The highest BCUT2D eigenvalue weighted by molar-refractivity contribution is 6.84. The summed E-state index contributed by atoms with van der Waals surface area (Å²) in [6.07, 6.45) is 0.875. The van der Waals surface area contributed by atoms with Gasteiger partial charge in [-0.2, -0.15) is 0 Å². The van der Waals surface area contributed by atoms with E-state index in [9.17, 15) is 29.6 Å². The predicted octanol–water partition coefficient (Wildman–Crippen LogP) is 3.06. The first-order valence-corrected chi connectivity index (χ1v) is 13.2. The molecule has 1 amide bonds. The summed E-state index contributed by atoms with van der Waals surface area (Å²) in [5, 5.41) is 20.0. The zero-order valence-electron chi connectivity index (χ0n) is 17.8. The molecule has 1 unspecified atom stereocenters. The van der Waals surface area contributed by atoms with Crippen LogP contribution in [0.2, 0.25) is 19.6 Å². The summed E-state index contributed by atoms with van der Waals surface area (Å²) in [5.74, 6) is 0.947. The molecule has 0 aliphatic carbocycles. The van der Waals surface area contributed by atoms with Crippen LogP contribution in [0.5, 0.6) is 0 Å². The fourth-order valence-electron chi connectivity index (χ4n) is 2.57. The van der Waals surface area contributed by atoms with Gasteiger partial charge in [0, 0.05) is 31.5 Å². The third kappa shape index (κ3) is 9.00. The summed E-state index contributed by atoms with van der Waals surface area (Å²) in [5.41, 5.74) is 3.71. The summed E-state index contributed by atoms with van der Waals surface area (Å²) in [4.78, 5) is 47.3. The van der Waals surface area contributed by atoms with Gasteiger partial charge in [0.2, 0.25) is 11.7 Å². The number of ketones is 1. The molecular weight excluding hydrogens is 404 g/mol. The van der Waals surface area contributed by atoms with Crippen LogP contribution in [0.3, 0.4) is 0 Å². The molecule has 0 aromatic heterocycles. The van der Waals surface area contributed by atoms with Crippen LogP contribution in [0.1, 0.15) is 31.7 Å². The number of hydrogen-bond donors (Lipinski definition) is 1. The molecule has 0 heterocycles. The van der Waals surface area contributed by atoms with Gasteiger partial charge in [-0.25, -0.2) is 4.79 Å². The molecule has 1 aromatic carbocycles. The molecule has 0 radical (unpaired) electrons. The third-order valence-corrected chi connectivity index (χ3v) is 5.18. The second-order valence-electron chi connectivity index (χ2n) is 8.05. The average molecular weight is 433 g/mol. The van der Waals surface area contributed by atoms with E-state index in [1.165, 1.54) is 24.0 Å². The largest absolute Gasteiger partial charge is 0.480 e. The second-order valence-corrected chi connectivity index (χ2v) is 12.8. The molecule has 0 aliphatic rings. The topological polar surface area (TPSA) is 118 Å². The molecule has 1 atom stereocenters. The standard InChI is InChI=1S/C21H28N2O6Si/c1-16(21(26)27)22(14-12-17-8-10-18(11-9-17)23(28)29)20(25)7-5-6-19(24)13-15-30(2,3)4/h8-11,16H,5-7,12,14H2,1-4H3,(H,26,27). The number of hydrogen-bond acceptors (Lipinski definition) is 5. The number of amides is 1. The van der Waals surface area contributed by atoms with E-state index < -0.39 is 25.0 Å². The molecule has 162 valence electrons. The maximum Gasteiger partial charge on any atom is 0.326 e. The van der Waals surface area contributed by atoms with Gasteiger partial charge in [-0.3, -0.25) is 19.7 Å². The van der Waals surface area contributed by atoms with Crippen LogP contribution in [-0.2, 0) is 20.8 Å². The first-order valence-electron chi connectivity index (χ1n) is 9.72. The normalized spacial score (nSPS) is 11.7. The maximum atomic E-state index is 12.6. The Hall–Kier alpha value is -2.99. The number of carboxylic acid groups (broad SMARTS) is 1. The third-order valence-electron chi connectivity index (χ3n) is 4.31. The zero-order chi connectivity index (χ0) is 22.9. The molecule has 0 saturated carbocycles. The van der Waals surface area contributed by atoms with Gasteiger partial charge < -0.3 is 10.0 Å². The monoisotopic (exact) mass is 432 g/mol. The Kier molecular flexibility index (Phi) is 9.40. The van der Waals surface area contributed by atoms with Gasteiger partial charge in [-0.15, -0.1) is 5.54 Å². The van der Waals surface area contributed by atoms with Crippen LogP contribution in [0.25, 0.3) is 0 Å². The van der Waals surface area contributed by atoms with Gasteiger partial charge >= 0.3 is 5.97 Å². The lowest BCUT2D eigenvalue weighted by atomic mass is 10.1. The summed E-state index contributed by atoms with van der Waals surface area (Å²) in [7, 11) is -1.64. The molecule has 1 N–H and O–H groups in total. The van der Waals surface area contributed by atoms with Crippen molar-refractivity contribution in [2.24, 2.45) is 0 Å². The van der Waals surface area contributed by atoms with Gasteiger partial charge in [0.05, 0.1) is 4.92 Å². The van der Waals surface area contributed by atoms with Crippen molar-refractivity contribution in [3.8, 4) is 11.5 Å². The molecule has 0 aliphatic heterocycles. The smallest absolute Gasteiger partial charge is 0.326 e. The quantitative estimate of drug-likeness (QED) is 0.263. The molecule has 9 heteroatoms.